The van der Waals surface area contributed by atoms with Gasteiger partial charge in [0.05, 0.1) is 4.92 Å². The number of hydrogen-bond acceptors (Lipinski definition) is 7. The summed E-state index contributed by atoms with van der Waals surface area (Å²) in [6.07, 6.45) is 0.395. The molecule has 2 N–H and O–H groups in total. The maximum atomic E-state index is 12.5. The fourth-order valence-electron chi connectivity index (χ4n) is 2.61. The molecule has 0 aliphatic heterocycles. The Morgan fingerprint density at radius 1 is 1.10 bits per heavy atom. The van der Waals surface area contributed by atoms with E-state index in [1.54, 1.807) is 36.4 Å². The Labute approximate surface area is 176 Å². The second kappa shape index (κ2) is 9.23. The Bertz CT molecular complexity index is 1080. The summed E-state index contributed by atoms with van der Waals surface area (Å²) in [4.78, 5) is 34.7. The van der Waals surface area contributed by atoms with Gasteiger partial charge in [0.1, 0.15) is 5.01 Å². The normalized spacial score (nSPS) is 10.6. The minimum Gasteiger partial charge on any atom is -0.326 e. The van der Waals surface area contributed by atoms with Gasteiger partial charge in [-0.1, -0.05) is 31.3 Å². The Balaban J connectivity index is 1.67. The summed E-state index contributed by atoms with van der Waals surface area (Å²) in [6.45, 7) is 3.91. The number of aromatic nitrogens is 2. The van der Waals surface area contributed by atoms with Crippen LogP contribution in [0, 0.1) is 16.0 Å². The van der Waals surface area contributed by atoms with Gasteiger partial charge < -0.3 is 5.32 Å². The van der Waals surface area contributed by atoms with E-state index in [2.05, 4.69) is 20.8 Å². The van der Waals surface area contributed by atoms with Gasteiger partial charge in [0.2, 0.25) is 11.0 Å². The minimum atomic E-state index is -0.477. The first-order valence-electron chi connectivity index (χ1n) is 9.11. The predicted molar refractivity (Wildman–Crippen MR) is 114 cm³/mol. The number of amides is 2. The van der Waals surface area contributed by atoms with Crippen molar-refractivity contribution in [3.05, 3.63) is 64.2 Å². The number of non-ortho nitro benzene ring substituents is 1. The molecule has 2 amide bonds. The second-order valence-electron chi connectivity index (χ2n) is 6.90. The molecule has 0 bridgehead atoms. The summed E-state index contributed by atoms with van der Waals surface area (Å²) in [5.74, 6) is -0.264. The highest BCUT2D eigenvalue weighted by Gasteiger charge is 2.14. The molecular formula is C20H19N5O4S. The van der Waals surface area contributed by atoms with Gasteiger partial charge in [-0.25, -0.2) is 0 Å². The number of carbonyl (C=O) groups is 2. The van der Waals surface area contributed by atoms with Crippen LogP contribution in [0.1, 0.15) is 30.6 Å². The van der Waals surface area contributed by atoms with E-state index < -0.39 is 4.92 Å². The van der Waals surface area contributed by atoms with E-state index in [4.69, 9.17) is 0 Å². The lowest BCUT2D eigenvalue weighted by Gasteiger charge is -2.08. The second-order valence-corrected chi connectivity index (χ2v) is 7.87. The summed E-state index contributed by atoms with van der Waals surface area (Å²) >= 11 is 1.15. The molecule has 3 aromatic rings. The van der Waals surface area contributed by atoms with Crippen molar-refractivity contribution in [3.63, 3.8) is 0 Å². The van der Waals surface area contributed by atoms with Gasteiger partial charge >= 0.3 is 0 Å². The fraction of sp³-hybridized carbons (Fsp3) is 0.200. The Hall–Kier alpha value is -3.66. The van der Waals surface area contributed by atoms with Crippen molar-refractivity contribution in [2.75, 3.05) is 10.6 Å². The van der Waals surface area contributed by atoms with E-state index in [-0.39, 0.29) is 23.4 Å². The van der Waals surface area contributed by atoms with Gasteiger partial charge in [-0.3, -0.25) is 25.0 Å². The van der Waals surface area contributed by atoms with Crippen LogP contribution < -0.4 is 10.6 Å². The van der Waals surface area contributed by atoms with Crippen molar-refractivity contribution in [2.24, 2.45) is 5.92 Å². The molecule has 0 aliphatic carbocycles. The third-order valence-electron chi connectivity index (χ3n) is 3.97. The number of nitrogens with zero attached hydrogens (tertiary/aromatic N) is 3. The van der Waals surface area contributed by atoms with Gasteiger partial charge in [0.25, 0.3) is 11.6 Å². The lowest BCUT2D eigenvalue weighted by atomic mass is 10.1. The van der Waals surface area contributed by atoms with Gasteiger partial charge in [-0.05, 0) is 36.2 Å². The zero-order chi connectivity index (χ0) is 21.7. The summed E-state index contributed by atoms with van der Waals surface area (Å²) in [7, 11) is 0. The summed E-state index contributed by atoms with van der Waals surface area (Å²) in [5.41, 5.74) is 1.55. The predicted octanol–water partition coefficient (Wildman–Crippen LogP) is 4.35. The van der Waals surface area contributed by atoms with E-state index >= 15 is 0 Å². The molecule has 0 radical (unpaired) electrons. The molecule has 0 fully saturated rings. The van der Waals surface area contributed by atoms with Crippen molar-refractivity contribution >= 4 is 39.7 Å². The van der Waals surface area contributed by atoms with Crippen LogP contribution in [0.5, 0.6) is 0 Å². The van der Waals surface area contributed by atoms with Crippen LogP contribution in [0.15, 0.2) is 48.5 Å². The van der Waals surface area contributed by atoms with Crippen LogP contribution in [0.4, 0.5) is 16.5 Å². The Kier molecular flexibility index (Phi) is 6.48. The number of nitrogens with one attached hydrogen (secondary N) is 2. The highest BCUT2D eigenvalue weighted by molar-refractivity contribution is 7.18. The van der Waals surface area contributed by atoms with E-state index in [9.17, 15) is 19.7 Å². The monoisotopic (exact) mass is 425 g/mol. The SMILES string of the molecule is CC(C)CC(=O)Nc1cccc(C(=O)Nc2nnc(-c3ccc([N+](=O)[O-])cc3)s2)c1. The van der Waals surface area contributed by atoms with E-state index in [0.717, 1.165) is 11.3 Å². The molecule has 0 saturated heterocycles. The van der Waals surface area contributed by atoms with Crippen molar-refractivity contribution in [3.8, 4) is 10.6 Å². The van der Waals surface area contributed by atoms with Crippen LogP contribution in [0.3, 0.4) is 0 Å². The van der Waals surface area contributed by atoms with Gasteiger partial charge in [0.15, 0.2) is 0 Å². The first-order chi connectivity index (χ1) is 14.3. The lowest BCUT2D eigenvalue weighted by molar-refractivity contribution is -0.384. The number of anilines is 2. The first kappa shape index (κ1) is 21.1. The number of nitro benzene ring substituents is 1. The smallest absolute Gasteiger partial charge is 0.269 e. The van der Waals surface area contributed by atoms with Crippen LogP contribution in [0.25, 0.3) is 10.6 Å². The van der Waals surface area contributed by atoms with Gasteiger partial charge in [0, 0.05) is 35.4 Å². The molecule has 3 rings (SSSR count). The molecule has 1 aromatic heterocycles. The van der Waals surface area contributed by atoms with Gasteiger partial charge in [-0.2, -0.15) is 0 Å². The molecule has 0 saturated carbocycles. The standard InChI is InChI=1S/C20H19N5O4S/c1-12(2)10-17(26)21-15-5-3-4-14(11-15)18(27)22-20-24-23-19(30-20)13-6-8-16(9-7-13)25(28)29/h3-9,11-12H,10H2,1-2H3,(H,21,26)(H,22,24,27). The van der Waals surface area contributed by atoms with E-state index in [1.165, 1.54) is 12.1 Å². The zero-order valence-corrected chi connectivity index (χ0v) is 17.1. The molecule has 0 unspecified atom stereocenters. The number of benzene rings is 2. The highest BCUT2D eigenvalue weighted by Crippen LogP contribution is 2.28. The van der Waals surface area contributed by atoms with E-state index in [1.807, 2.05) is 13.8 Å². The number of hydrogen-bond donors (Lipinski definition) is 2. The highest BCUT2D eigenvalue weighted by atomic mass is 32.1. The zero-order valence-electron chi connectivity index (χ0n) is 16.3. The molecule has 0 spiro atoms. The molecule has 1 heterocycles. The third kappa shape index (κ3) is 5.45. The maximum Gasteiger partial charge on any atom is 0.269 e. The van der Waals surface area contributed by atoms with Gasteiger partial charge in [-0.15, -0.1) is 10.2 Å². The minimum absolute atomic E-state index is 0.0165. The van der Waals surface area contributed by atoms with Crippen LogP contribution in [0.2, 0.25) is 0 Å². The number of nitro groups is 1. The van der Waals surface area contributed by atoms with Crippen LogP contribution >= 0.6 is 11.3 Å². The first-order valence-corrected chi connectivity index (χ1v) is 9.93. The van der Waals surface area contributed by atoms with Crippen molar-refractivity contribution < 1.29 is 14.5 Å². The molecular weight excluding hydrogens is 406 g/mol. The summed E-state index contributed by atoms with van der Waals surface area (Å²) < 4.78 is 0. The quantitative estimate of drug-likeness (QED) is 0.428. The Morgan fingerprint density at radius 2 is 1.83 bits per heavy atom. The summed E-state index contributed by atoms with van der Waals surface area (Å²) in [5, 5.41) is 25.0. The molecule has 10 heteroatoms. The summed E-state index contributed by atoms with van der Waals surface area (Å²) in [6, 6.07) is 12.5. The topological polar surface area (TPSA) is 127 Å². The third-order valence-corrected chi connectivity index (χ3v) is 4.86. The van der Waals surface area contributed by atoms with Crippen molar-refractivity contribution in [1.29, 1.82) is 0 Å². The number of rotatable bonds is 7. The average Bonchev–Trinajstić information content (AvgIpc) is 3.16. The van der Waals surface area contributed by atoms with Crippen molar-refractivity contribution in [1.82, 2.24) is 10.2 Å². The average molecular weight is 425 g/mol. The van der Waals surface area contributed by atoms with Crippen LogP contribution in [-0.2, 0) is 4.79 Å². The molecule has 0 aliphatic rings. The lowest BCUT2D eigenvalue weighted by Crippen LogP contribution is -2.15. The molecule has 9 nitrogen and oxygen atoms in total. The molecule has 0 atom stereocenters. The largest absolute Gasteiger partial charge is 0.326 e. The maximum absolute atomic E-state index is 12.5. The molecule has 2 aromatic carbocycles. The van der Waals surface area contributed by atoms with Crippen LogP contribution in [-0.4, -0.2) is 26.9 Å². The Morgan fingerprint density at radius 3 is 2.50 bits per heavy atom. The fourth-order valence-corrected chi connectivity index (χ4v) is 3.35. The number of carbonyl (C=O) groups excluding carboxylic acids is 2. The molecule has 154 valence electrons. The van der Waals surface area contributed by atoms with Crippen molar-refractivity contribution in [2.45, 2.75) is 20.3 Å². The van der Waals surface area contributed by atoms with E-state index in [0.29, 0.717) is 33.4 Å². The molecule has 30 heavy (non-hydrogen) atoms.